The number of rotatable bonds is 3. The van der Waals surface area contributed by atoms with Gasteiger partial charge in [-0.15, -0.1) is 0 Å². The smallest absolute Gasteiger partial charge is 0.264 e. The van der Waals surface area contributed by atoms with Crippen molar-refractivity contribution in [3.63, 3.8) is 0 Å². The first kappa shape index (κ1) is 12.2. The van der Waals surface area contributed by atoms with Crippen LogP contribution in [-0.2, 0) is 0 Å². The van der Waals surface area contributed by atoms with Crippen LogP contribution in [-0.4, -0.2) is 5.91 Å². The maximum Gasteiger partial charge on any atom is 0.264 e. The van der Waals surface area contributed by atoms with Crippen LogP contribution >= 0.6 is 0 Å². The maximum absolute atomic E-state index is 12.7. The van der Waals surface area contributed by atoms with Gasteiger partial charge in [-0.2, -0.15) is 0 Å². The Morgan fingerprint density at radius 3 is 2.22 bits per heavy atom. The van der Waals surface area contributed by atoms with Crippen LogP contribution in [0.2, 0.25) is 0 Å². The van der Waals surface area contributed by atoms with E-state index in [-0.39, 0.29) is 11.1 Å². The van der Waals surface area contributed by atoms with Crippen molar-refractivity contribution in [2.45, 2.75) is 6.43 Å². The van der Waals surface area contributed by atoms with Gasteiger partial charge in [0.05, 0.1) is 0 Å². The number of carbonyl (C=O) groups excluding carboxylic acids is 1. The molecule has 0 unspecified atom stereocenters. The van der Waals surface area contributed by atoms with Crippen LogP contribution in [0.25, 0.3) is 0 Å². The zero-order valence-electron chi connectivity index (χ0n) is 9.44. The van der Waals surface area contributed by atoms with Gasteiger partial charge in [-0.3, -0.25) is 4.79 Å². The Kier molecular flexibility index (Phi) is 3.67. The molecule has 0 aliphatic rings. The largest absolute Gasteiger partial charge is 0.322 e. The summed E-state index contributed by atoms with van der Waals surface area (Å²) in [7, 11) is 0. The lowest BCUT2D eigenvalue weighted by atomic mass is 10.1. The van der Waals surface area contributed by atoms with Crippen LogP contribution in [0.15, 0.2) is 54.6 Å². The first-order chi connectivity index (χ1) is 8.68. The van der Waals surface area contributed by atoms with Crippen LogP contribution in [0.3, 0.4) is 0 Å². The van der Waals surface area contributed by atoms with Crippen molar-refractivity contribution in [3.05, 3.63) is 65.7 Å². The zero-order valence-corrected chi connectivity index (χ0v) is 9.44. The van der Waals surface area contributed by atoms with Crippen LogP contribution in [0.5, 0.6) is 0 Å². The van der Waals surface area contributed by atoms with Crippen molar-refractivity contribution < 1.29 is 13.6 Å². The molecule has 0 bridgehead atoms. The highest BCUT2D eigenvalue weighted by atomic mass is 19.3. The van der Waals surface area contributed by atoms with Gasteiger partial charge in [0.15, 0.2) is 0 Å². The fraction of sp³-hybridized carbons (Fsp3) is 0.0714. The molecule has 0 heterocycles. The molecule has 0 saturated heterocycles. The van der Waals surface area contributed by atoms with Crippen LogP contribution < -0.4 is 5.32 Å². The van der Waals surface area contributed by atoms with Crippen molar-refractivity contribution in [1.29, 1.82) is 0 Å². The molecular weight excluding hydrogens is 236 g/mol. The molecule has 2 aromatic carbocycles. The Hall–Kier alpha value is -2.23. The minimum Gasteiger partial charge on any atom is -0.322 e. The summed E-state index contributed by atoms with van der Waals surface area (Å²) >= 11 is 0. The predicted molar refractivity (Wildman–Crippen MR) is 65.8 cm³/mol. The van der Waals surface area contributed by atoms with Gasteiger partial charge in [-0.25, -0.2) is 8.78 Å². The predicted octanol–water partition coefficient (Wildman–Crippen LogP) is 3.88. The van der Waals surface area contributed by atoms with E-state index in [0.717, 1.165) is 0 Å². The third-order valence-electron chi connectivity index (χ3n) is 2.47. The number of carbonyl (C=O) groups is 1. The van der Waals surface area contributed by atoms with Crippen molar-refractivity contribution in [2.75, 3.05) is 5.32 Å². The number of benzene rings is 2. The normalized spacial score (nSPS) is 10.4. The van der Waals surface area contributed by atoms with Gasteiger partial charge in [0, 0.05) is 16.8 Å². The van der Waals surface area contributed by atoms with Gasteiger partial charge in [0.1, 0.15) is 0 Å². The van der Waals surface area contributed by atoms with E-state index in [9.17, 15) is 13.6 Å². The Bertz CT molecular complexity index is 541. The summed E-state index contributed by atoms with van der Waals surface area (Å²) in [5.74, 6) is -0.530. The molecule has 18 heavy (non-hydrogen) atoms. The Labute approximate surface area is 103 Å². The molecule has 2 rings (SSSR count). The molecule has 4 heteroatoms. The lowest BCUT2D eigenvalue weighted by Crippen LogP contribution is -2.14. The topological polar surface area (TPSA) is 29.1 Å². The second kappa shape index (κ2) is 5.40. The third-order valence-corrected chi connectivity index (χ3v) is 2.47. The molecular formula is C14H11F2NO. The second-order valence-corrected chi connectivity index (χ2v) is 3.71. The van der Waals surface area contributed by atoms with Gasteiger partial charge in [0.25, 0.3) is 12.3 Å². The molecule has 1 N–H and O–H groups in total. The van der Waals surface area contributed by atoms with E-state index >= 15 is 0 Å². The Morgan fingerprint density at radius 1 is 0.944 bits per heavy atom. The lowest BCUT2D eigenvalue weighted by Gasteiger charge is -2.09. The van der Waals surface area contributed by atoms with E-state index in [2.05, 4.69) is 5.32 Å². The average Bonchev–Trinajstić information content (AvgIpc) is 2.40. The molecule has 0 aliphatic heterocycles. The van der Waals surface area contributed by atoms with Crippen molar-refractivity contribution in [2.24, 2.45) is 0 Å². The Morgan fingerprint density at radius 2 is 1.56 bits per heavy atom. The maximum atomic E-state index is 12.7. The fourth-order valence-electron chi connectivity index (χ4n) is 1.61. The van der Waals surface area contributed by atoms with Crippen LogP contribution in [0, 0.1) is 0 Å². The van der Waals surface area contributed by atoms with Gasteiger partial charge >= 0.3 is 0 Å². The fourth-order valence-corrected chi connectivity index (χ4v) is 1.61. The molecule has 0 aliphatic carbocycles. The number of amides is 1. The van der Waals surface area contributed by atoms with E-state index in [4.69, 9.17) is 0 Å². The molecule has 2 aromatic rings. The molecule has 92 valence electrons. The summed E-state index contributed by atoms with van der Waals surface area (Å²) in [6.45, 7) is 0. The molecule has 2 nitrogen and oxygen atoms in total. The first-order valence-corrected chi connectivity index (χ1v) is 5.42. The quantitative estimate of drug-likeness (QED) is 0.876. The van der Waals surface area contributed by atoms with E-state index in [1.54, 1.807) is 30.3 Å². The molecule has 0 spiro atoms. The van der Waals surface area contributed by atoms with Crippen molar-refractivity contribution >= 4 is 11.6 Å². The summed E-state index contributed by atoms with van der Waals surface area (Å²) < 4.78 is 25.5. The zero-order chi connectivity index (χ0) is 13.0. The van der Waals surface area contributed by atoms with E-state index in [1.165, 1.54) is 18.2 Å². The van der Waals surface area contributed by atoms with E-state index in [1.807, 2.05) is 6.07 Å². The number of para-hydroxylation sites is 1. The summed E-state index contributed by atoms with van der Waals surface area (Å²) in [5.41, 5.74) is 0.314. The molecule has 0 fully saturated rings. The van der Waals surface area contributed by atoms with Gasteiger partial charge in [-0.1, -0.05) is 36.4 Å². The molecule has 0 aromatic heterocycles. The van der Waals surface area contributed by atoms with Crippen LogP contribution in [0.1, 0.15) is 22.3 Å². The highest BCUT2D eigenvalue weighted by Crippen LogP contribution is 2.23. The van der Waals surface area contributed by atoms with Crippen molar-refractivity contribution in [1.82, 2.24) is 0 Å². The minimum atomic E-state index is -2.66. The number of anilines is 1. The van der Waals surface area contributed by atoms with E-state index < -0.39 is 12.3 Å². The monoisotopic (exact) mass is 247 g/mol. The number of alkyl halides is 2. The van der Waals surface area contributed by atoms with Gasteiger partial charge in [-0.05, 0) is 18.2 Å². The summed E-state index contributed by atoms with van der Waals surface area (Å²) in [5, 5.41) is 2.58. The minimum absolute atomic E-state index is 0.00338. The summed E-state index contributed by atoms with van der Waals surface area (Å²) in [6.07, 6.45) is -2.66. The molecule has 0 saturated carbocycles. The summed E-state index contributed by atoms with van der Waals surface area (Å²) in [4.78, 5) is 11.9. The number of nitrogens with one attached hydrogen (secondary N) is 1. The van der Waals surface area contributed by atoms with Crippen LogP contribution in [0.4, 0.5) is 14.5 Å². The molecule has 0 radical (unpaired) electrons. The number of hydrogen-bond acceptors (Lipinski definition) is 1. The average molecular weight is 247 g/mol. The second-order valence-electron chi connectivity index (χ2n) is 3.71. The Balaban J connectivity index is 2.24. The van der Waals surface area contributed by atoms with Gasteiger partial charge in [0.2, 0.25) is 0 Å². The highest BCUT2D eigenvalue weighted by molar-refractivity contribution is 6.05. The lowest BCUT2D eigenvalue weighted by molar-refractivity contribution is 0.101. The third kappa shape index (κ3) is 2.71. The number of hydrogen-bond donors (Lipinski definition) is 1. The SMILES string of the molecule is O=C(Nc1ccccc1)c1ccccc1C(F)F. The highest BCUT2D eigenvalue weighted by Gasteiger charge is 2.17. The van der Waals surface area contributed by atoms with E-state index in [0.29, 0.717) is 5.69 Å². The number of halogens is 2. The first-order valence-electron chi connectivity index (χ1n) is 5.42. The molecule has 0 atom stereocenters. The van der Waals surface area contributed by atoms with Crippen molar-refractivity contribution in [3.8, 4) is 0 Å². The molecule has 1 amide bonds. The van der Waals surface area contributed by atoms with Gasteiger partial charge < -0.3 is 5.32 Å². The standard InChI is InChI=1S/C14H11F2NO/c15-13(16)11-8-4-5-9-12(11)14(18)17-10-6-2-1-3-7-10/h1-9,13H,(H,17,18). The summed E-state index contributed by atoms with van der Waals surface area (Å²) in [6, 6.07) is 14.4.